The van der Waals surface area contributed by atoms with Crippen molar-refractivity contribution in [1.29, 1.82) is 0 Å². The lowest BCUT2D eigenvalue weighted by Gasteiger charge is -2.30. The number of hydrogen-bond donors (Lipinski definition) is 1. The van der Waals surface area contributed by atoms with Gasteiger partial charge in [0.25, 0.3) is 0 Å². The lowest BCUT2D eigenvalue weighted by molar-refractivity contribution is -0.147. The van der Waals surface area contributed by atoms with Crippen molar-refractivity contribution in [2.45, 2.75) is 59.5 Å². The minimum Gasteiger partial charge on any atom is -0.374 e. The Kier molecular flexibility index (Phi) is 4.05. The fraction of sp³-hybridized carbons (Fsp3) is 0.632. The van der Waals surface area contributed by atoms with Gasteiger partial charge in [0.05, 0.1) is 0 Å². The summed E-state index contributed by atoms with van der Waals surface area (Å²) in [5, 5.41) is 10.9. The predicted octanol–water partition coefficient (Wildman–Crippen LogP) is 2.79. The summed E-state index contributed by atoms with van der Waals surface area (Å²) in [5.74, 6) is -0.966. The van der Waals surface area contributed by atoms with Crippen molar-refractivity contribution in [1.82, 2.24) is 0 Å². The SMILES string of the molecule is C=C(CC1(O)C(=O)C(C)(C)C(C)(C)C1=O)C1CC=C(C)C(=O)C1. The van der Waals surface area contributed by atoms with Crippen molar-refractivity contribution in [3.8, 4) is 0 Å². The van der Waals surface area contributed by atoms with E-state index in [1.165, 1.54) is 0 Å². The van der Waals surface area contributed by atoms with E-state index >= 15 is 0 Å². The number of rotatable bonds is 3. The van der Waals surface area contributed by atoms with Crippen LogP contribution in [0.2, 0.25) is 0 Å². The lowest BCUT2D eigenvalue weighted by atomic mass is 9.70. The van der Waals surface area contributed by atoms with E-state index in [0.717, 1.165) is 5.57 Å². The van der Waals surface area contributed by atoms with Crippen molar-refractivity contribution in [3.05, 3.63) is 23.8 Å². The molecule has 0 spiro atoms. The number of carbonyl (C=O) groups excluding carboxylic acids is 3. The van der Waals surface area contributed by atoms with Crippen LogP contribution in [0.3, 0.4) is 0 Å². The maximum atomic E-state index is 12.7. The topological polar surface area (TPSA) is 71.4 Å². The average Bonchev–Trinajstić information content (AvgIpc) is 2.54. The van der Waals surface area contributed by atoms with Gasteiger partial charge >= 0.3 is 0 Å². The highest BCUT2D eigenvalue weighted by Gasteiger charge is 2.67. The van der Waals surface area contributed by atoms with Gasteiger partial charge in [-0.05, 0) is 24.8 Å². The van der Waals surface area contributed by atoms with Crippen molar-refractivity contribution in [3.63, 3.8) is 0 Å². The zero-order valence-electron chi connectivity index (χ0n) is 14.7. The highest BCUT2D eigenvalue weighted by atomic mass is 16.3. The number of hydrogen-bond acceptors (Lipinski definition) is 4. The third-order valence-corrected chi connectivity index (χ3v) is 6.09. The van der Waals surface area contributed by atoms with E-state index in [2.05, 4.69) is 6.58 Å². The molecule has 2 aliphatic carbocycles. The first-order valence-electron chi connectivity index (χ1n) is 8.05. The van der Waals surface area contributed by atoms with Crippen LogP contribution >= 0.6 is 0 Å². The van der Waals surface area contributed by atoms with Crippen LogP contribution in [0, 0.1) is 16.7 Å². The number of allylic oxidation sites excluding steroid dienone is 2. The summed E-state index contributed by atoms with van der Waals surface area (Å²) in [6.07, 6.45) is 2.74. The third kappa shape index (κ3) is 2.44. The summed E-state index contributed by atoms with van der Waals surface area (Å²) >= 11 is 0. The summed E-state index contributed by atoms with van der Waals surface area (Å²) in [5.41, 5.74) is -2.55. The molecule has 1 saturated carbocycles. The predicted molar refractivity (Wildman–Crippen MR) is 87.8 cm³/mol. The summed E-state index contributed by atoms with van der Waals surface area (Å²) in [4.78, 5) is 37.3. The Morgan fingerprint density at radius 1 is 1.17 bits per heavy atom. The second kappa shape index (κ2) is 5.23. The first kappa shape index (κ1) is 17.8. The van der Waals surface area contributed by atoms with Crippen molar-refractivity contribution < 1.29 is 19.5 Å². The molecule has 0 bridgehead atoms. The second-order valence-corrected chi connectivity index (χ2v) is 8.05. The van der Waals surface area contributed by atoms with Crippen molar-refractivity contribution in [2.75, 3.05) is 0 Å². The minimum atomic E-state index is -2.02. The van der Waals surface area contributed by atoms with Crippen molar-refractivity contribution in [2.24, 2.45) is 16.7 Å². The molecule has 0 saturated heterocycles. The smallest absolute Gasteiger partial charge is 0.186 e. The van der Waals surface area contributed by atoms with E-state index < -0.39 is 28.0 Å². The summed E-state index contributed by atoms with van der Waals surface area (Å²) in [6, 6.07) is 0. The van der Waals surface area contributed by atoms with Crippen LogP contribution in [0.5, 0.6) is 0 Å². The van der Waals surface area contributed by atoms with Gasteiger partial charge in [0, 0.05) is 23.7 Å². The molecule has 23 heavy (non-hydrogen) atoms. The van der Waals surface area contributed by atoms with E-state index in [9.17, 15) is 19.5 Å². The molecule has 1 fully saturated rings. The molecule has 0 amide bonds. The Balaban J connectivity index is 2.26. The molecule has 1 N–H and O–H groups in total. The van der Waals surface area contributed by atoms with Gasteiger partial charge < -0.3 is 5.11 Å². The van der Waals surface area contributed by atoms with Crippen molar-refractivity contribution >= 4 is 17.3 Å². The van der Waals surface area contributed by atoms with Crippen LogP contribution in [0.1, 0.15) is 53.9 Å². The minimum absolute atomic E-state index is 0.0547. The fourth-order valence-corrected chi connectivity index (χ4v) is 3.55. The zero-order chi connectivity index (χ0) is 17.8. The molecule has 0 aromatic rings. The second-order valence-electron chi connectivity index (χ2n) is 8.05. The summed E-state index contributed by atoms with van der Waals surface area (Å²) in [7, 11) is 0. The van der Waals surface area contributed by atoms with E-state index in [1.807, 2.05) is 6.08 Å². The molecule has 126 valence electrons. The van der Waals surface area contributed by atoms with Gasteiger partial charge in [-0.3, -0.25) is 14.4 Å². The molecule has 2 aliphatic rings. The Hall–Kier alpha value is -1.55. The first-order chi connectivity index (χ1) is 10.4. The Bertz CT molecular complexity index is 608. The molecule has 1 atom stereocenters. The van der Waals surface area contributed by atoms with Crippen LogP contribution in [-0.4, -0.2) is 28.1 Å². The molecular formula is C19H26O4. The van der Waals surface area contributed by atoms with Crippen LogP contribution in [0.25, 0.3) is 0 Å². The Morgan fingerprint density at radius 2 is 1.65 bits per heavy atom. The van der Waals surface area contributed by atoms with E-state index in [-0.39, 0.29) is 18.1 Å². The zero-order valence-corrected chi connectivity index (χ0v) is 14.7. The quantitative estimate of drug-likeness (QED) is 0.641. The fourth-order valence-electron chi connectivity index (χ4n) is 3.55. The van der Waals surface area contributed by atoms with Gasteiger partial charge in [-0.2, -0.15) is 0 Å². The van der Waals surface area contributed by atoms with Gasteiger partial charge in [0.2, 0.25) is 0 Å². The monoisotopic (exact) mass is 318 g/mol. The number of aliphatic hydroxyl groups is 1. The molecular weight excluding hydrogens is 292 g/mol. The maximum Gasteiger partial charge on any atom is 0.186 e. The normalized spacial score (nSPS) is 28.7. The molecule has 1 unspecified atom stereocenters. The first-order valence-corrected chi connectivity index (χ1v) is 8.05. The molecule has 0 aromatic heterocycles. The van der Waals surface area contributed by atoms with Gasteiger partial charge in [0.1, 0.15) is 0 Å². The maximum absolute atomic E-state index is 12.7. The highest BCUT2D eigenvalue weighted by Crippen LogP contribution is 2.53. The lowest BCUT2D eigenvalue weighted by Crippen LogP contribution is -2.44. The molecule has 4 heteroatoms. The summed E-state index contributed by atoms with van der Waals surface area (Å²) in [6.45, 7) is 12.5. The Morgan fingerprint density at radius 3 is 2.09 bits per heavy atom. The molecule has 0 aromatic carbocycles. The highest BCUT2D eigenvalue weighted by molar-refractivity contribution is 6.21. The van der Waals surface area contributed by atoms with E-state index in [4.69, 9.17) is 0 Å². The van der Waals surface area contributed by atoms with Gasteiger partial charge in [-0.25, -0.2) is 0 Å². The van der Waals surface area contributed by atoms with Crippen LogP contribution in [0.15, 0.2) is 23.8 Å². The molecule has 0 aliphatic heterocycles. The number of Topliss-reactive ketones (excluding diaryl/α,β-unsaturated/α-hetero) is 3. The van der Waals surface area contributed by atoms with E-state index in [0.29, 0.717) is 18.4 Å². The molecule has 2 rings (SSSR count). The molecule has 0 radical (unpaired) electrons. The van der Waals surface area contributed by atoms with Gasteiger partial charge in [-0.15, -0.1) is 0 Å². The molecule has 0 heterocycles. The summed E-state index contributed by atoms with van der Waals surface area (Å²) < 4.78 is 0. The van der Waals surface area contributed by atoms with Crippen LogP contribution in [0.4, 0.5) is 0 Å². The van der Waals surface area contributed by atoms with E-state index in [1.54, 1.807) is 34.6 Å². The van der Waals surface area contributed by atoms with Gasteiger partial charge in [0.15, 0.2) is 23.0 Å². The van der Waals surface area contributed by atoms with Crippen LogP contribution in [-0.2, 0) is 14.4 Å². The Labute approximate surface area is 137 Å². The van der Waals surface area contributed by atoms with Crippen LogP contribution < -0.4 is 0 Å². The molecule has 4 nitrogen and oxygen atoms in total. The standard InChI is InChI=1S/C19H26O4/c1-11-7-8-13(9-14(11)20)12(2)10-19(23)15(21)17(3,4)18(5,6)16(19)22/h7,13,23H,2,8-10H2,1,3-6H3. The van der Waals surface area contributed by atoms with Gasteiger partial charge in [-0.1, -0.05) is 45.9 Å². The third-order valence-electron chi connectivity index (χ3n) is 6.09. The average molecular weight is 318 g/mol. The number of ketones is 3. The largest absolute Gasteiger partial charge is 0.374 e. The number of carbonyl (C=O) groups is 3.